The van der Waals surface area contributed by atoms with Crippen molar-refractivity contribution < 1.29 is 33.3 Å². The van der Waals surface area contributed by atoms with Crippen molar-refractivity contribution in [2.45, 2.75) is 51.2 Å². The van der Waals surface area contributed by atoms with Crippen LogP contribution in [0.1, 0.15) is 50.7 Å². The van der Waals surface area contributed by atoms with Crippen molar-refractivity contribution in [3.05, 3.63) is 48.0 Å². The van der Waals surface area contributed by atoms with E-state index < -0.39 is 34.4 Å². The summed E-state index contributed by atoms with van der Waals surface area (Å²) in [6, 6.07) is 12.1. The molecular formula is C27H38N4O7S. The summed E-state index contributed by atoms with van der Waals surface area (Å²) in [6.07, 6.45) is 2.96. The van der Waals surface area contributed by atoms with Crippen molar-refractivity contribution in [2.75, 3.05) is 47.0 Å². The van der Waals surface area contributed by atoms with Crippen LogP contribution in [0.5, 0.6) is 5.75 Å². The van der Waals surface area contributed by atoms with E-state index in [2.05, 4.69) is 14.9 Å². The number of hydrogen-bond acceptors (Lipinski definition) is 8. The van der Waals surface area contributed by atoms with Crippen molar-refractivity contribution in [1.82, 2.24) is 5.32 Å². The van der Waals surface area contributed by atoms with E-state index in [0.717, 1.165) is 50.7 Å². The van der Waals surface area contributed by atoms with Gasteiger partial charge in [0, 0.05) is 43.6 Å². The van der Waals surface area contributed by atoms with Crippen molar-refractivity contribution in [2.24, 2.45) is 0 Å². The Morgan fingerprint density at radius 2 is 1.79 bits per heavy atom. The van der Waals surface area contributed by atoms with Crippen LogP contribution in [0.4, 0.5) is 17.1 Å². The number of amides is 1. The summed E-state index contributed by atoms with van der Waals surface area (Å²) in [7, 11) is -3.57. The van der Waals surface area contributed by atoms with Gasteiger partial charge in [0.25, 0.3) is 0 Å². The number of piperidine rings is 1. The number of sulfonamides is 1. The highest BCUT2D eigenvalue weighted by atomic mass is 32.2. The number of benzene rings is 2. The smallest absolute Gasteiger partial charge is 0.312 e. The molecule has 1 amide bonds. The average Bonchev–Trinajstić information content (AvgIpc) is 2.88. The van der Waals surface area contributed by atoms with E-state index in [0.29, 0.717) is 17.8 Å². The number of unbranched alkanes of at least 4 members (excludes halogenated alkanes) is 1. The summed E-state index contributed by atoms with van der Waals surface area (Å²) < 4.78 is 25.3. The lowest BCUT2D eigenvalue weighted by molar-refractivity contribution is -0.140. The van der Waals surface area contributed by atoms with Gasteiger partial charge in [0.2, 0.25) is 15.9 Å². The molecular weight excluding hydrogens is 524 g/mol. The molecule has 5 N–H and O–H groups in total. The monoisotopic (exact) mass is 562 g/mol. The first kappa shape index (κ1) is 30.2. The molecule has 1 atom stereocenters. The van der Waals surface area contributed by atoms with Crippen molar-refractivity contribution >= 4 is 39.0 Å². The minimum absolute atomic E-state index is 0.0214. The molecule has 0 aromatic heterocycles. The fourth-order valence-corrected chi connectivity index (χ4v) is 5.13. The van der Waals surface area contributed by atoms with Gasteiger partial charge < -0.3 is 30.4 Å². The summed E-state index contributed by atoms with van der Waals surface area (Å²) in [6.45, 7) is 4.37. The zero-order chi connectivity index (χ0) is 28.6. The second kappa shape index (κ2) is 13.6. The van der Waals surface area contributed by atoms with Crippen LogP contribution >= 0.6 is 0 Å². The fourth-order valence-electron chi connectivity index (χ4n) is 4.56. The van der Waals surface area contributed by atoms with E-state index in [-0.39, 0.29) is 24.0 Å². The molecule has 0 spiro atoms. The van der Waals surface area contributed by atoms with Gasteiger partial charge >= 0.3 is 5.97 Å². The summed E-state index contributed by atoms with van der Waals surface area (Å²) in [5.41, 5.74) is 2.22. The summed E-state index contributed by atoms with van der Waals surface area (Å²) in [4.78, 5) is 27.3. The molecule has 2 aromatic carbocycles. The molecule has 1 heterocycles. The number of aliphatic hydroxyl groups excluding tert-OH is 1. The maximum Gasteiger partial charge on any atom is 0.312 e. The predicted molar refractivity (Wildman–Crippen MR) is 151 cm³/mol. The summed E-state index contributed by atoms with van der Waals surface area (Å²) in [5, 5.41) is 32.9. The molecule has 0 bridgehead atoms. The highest BCUT2D eigenvalue weighted by molar-refractivity contribution is 7.92. The number of rotatable bonds is 13. The molecule has 39 heavy (non-hydrogen) atoms. The number of hydrogen-bond donors (Lipinski definition) is 5. The van der Waals surface area contributed by atoms with Gasteiger partial charge in [-0.3, -0.25) is 14.3 Å². The maximum atomic E-state index is 12.4. The number of phenolic OH excluding ortho intramolecular Hbond substituents is 1. The average molecular weight is 563 g/mol. The van der Waals surface area contributed by atoms with Gasteiger partial charge in [-0.2, -0.15) is 0 Å². The Kier molecular flexibility index (Phi) is 10.6. The number of anilines is 3. The molecule has 12 heteroatoms. The number of carboxylic acid groups (broad SMARTS) is 1. The number of carboxylic acids is 1. The normalized spacial score (nSPS) is 15.1. The summed E-state index contributed by atoms with van der Waals surface area (Å²) >= 11 is 0. The third kappa shape index (κ3) is 9.12. The van der Waals surface area contributed by atoms with Crippen molar-refractivity contribution in [3.63, 3.8) is 0 Å². The van der Waals surface area contributed by atoms with Gasteiger partial charge in [-0.15, -0.1) is 0 Å². The quantitative estimate of drug-likeness (QED) is 0.183. The first-order valence-electron chi connectivity index (χ1n) is 13.1. The molecule has 1 aliphatic heterocycles. The number of aliphatic hydroxyl groups is 1. The number of phenols is 1. The Balaban J connectivity index is 1.53. The van der Waals surface area contributed by atoms with Crippen LogP contribution in [-0.2, 0) is 19.6 Å². The lowest BCUT2D eigenvalue weighted by Crippen LogP contribution is -2.43. The molecule has 0 aliphatic carbocycles. The first-order valence-corrected chi connectivity index (χ1v) is 14.9. The third-order valence-electron chi connectivity index (χ3n) is 6.66. The van der Waals surface area contributed by atoms with E-state index >= 15 is 0 Å². The number of nitrogens with zero attached hydrogens (tertiary/aromatic N) is 2. The van der Waals surface area contributed by atoms with Gasteiger partial charge in [-0.05, 0) is 61.2 Å². The van der Waals surface area contributed by atoms with Crippen molar-refractivity contribution in [1.29, 1.82) is 0 Å². The van der Waals surface area contributed by atoms with Gasteiger partial charge in [0.15, 0.2) is 0 Å². The van der Waals surface area contributed by atoms with E-state index in [1.807, 2.05) is 31.2 Å². The van der Waals surface area contributed by atoms with Gasteiger partial charge in [-0.25, -0.2) is 8.42 Å². The molecule has 1 fully saturated rings. The van der Waals surface area contributed by atoms with Crippen LogP contribution in [0.15, 0.2) is 42.5 Å². The third-order valence-corrected chi connectivity index (χ3v) is 7.25. The second-order valence-corrected chi connectivity index (χ2v) is 11.6. The number of aromatic hydroxyl groups is 1. The summed E-state index contributed by atoms with van der Waals surface area (Å²) in [5.74, 6) is -1.78. The maximum absolute atomic E-state index is 12.4. The van der Waals surface area contributed by atoms with Crippen LogP contribution < -0.4 is 19.8 Å². The van der Waals surface area contributed by atoms with E-state index in [4.69, 9.17) is 5.11 Å². The molecule has 3 rings (SSSR count). The largest absolute Gasteiger partial charge is 0.506 e. The van der Waals surface area contributed by atoms with Gasteiger partial charge in [-0.1, -0.05) is 19.4 Å². The fraction of sp³-hybridized carbons (Fsp3) is 0.481. The Labute approximate surface area is 229 Å². The zero-order valence-corrected chi connectivity index (χ0v) is 23.2. The molecule has 214 valence electrons. The number of carbonyl (C=O) groups excluding carboxylic acids is 1. The first-order chi connectivity index (χ1) is 18.5. The van der Waals surface area contributed by atoms with Crippen LogP contribution in [0.2, 0.25) is 0 Å². The molecule has 1 aliphatic rings. The Morgan fingerprint density at radius 3 is 2.38 bits per heavy atom. The topological polar surface area (TPSA) is 160 Å². The highest BCUT2D eigenvalue weighted by Gasteiger charge is 2.22. The highest BCUT2D eigenvalue weighted by Crippen LogP contribution is 2.28. The molecule has 2 aromatic rings. The molecule has 0 saturated carbocycles. The molecule has 11 nitrogen and oxygen atoms in total. The number of aliphatic carboxylic acids is 1. The van der Waals surface area contributed by atoms with Crippen LogP contribution in [0, 0.1) is 0 Å². The van der Waals surface area contributed by atoms with Crippen LogP contribution in [-0.4, -0.2) is 74.1 Å². The lowest BCUT2D eigenvalue weighted by atomic mass is 10.0. The standard InChI is InChI=1S/C27H38N4O7S/c1-3-4-13-31(26(34)17-27(35)36)22-8-6-21(7-9-22)30-14-11-20(12-15-30)28-18-25(33)19-5-10-24(32)23(16-19)29-39(2,37)38/h5-10,16,20,25,28-29,32-33H,3-4,11-15,17-18H2,1-2H3,(H,35,36)/t25-/m1/s1. The van der Waals surface area contributed by atoms with E-state index in [9.17, 15) is 28.2 Å². The lowest BCUT2D eigenvalue weighted by Gasteiger charge is -2.34. The molecule has 0 unspecified atom stereocenters. The van der Waals surface area contributed by atoms with Crippen LogP contribution in [0.3, 0.4) is 0 Å². The van der Waals surface area contributed by atoms with E-state index in [1.165, 1.54) is 17.0 Å². The second-order valence-electron chi connectivity index (χ2n) is 9.82. The molecule has 1 saturated heterocycles. The van der Waals surface area contributed by atoms with Crippen molar-refractivity contribution in [3.8, 4) is 5.75 Å². The number of carbonyl (C=O) groups is 2. The minimum atomic E-state index is -3.57. The van der Waals surface area contributed by atoms with Gasteiger partial charge in [0.05, 0.1) is 18.0 Å². The van der Waals surface area contributed by atoms with Crippen LogP contribution in [0.25, 0.3) is 0 Å². The van der Waals surface area contributed by atoms with E-state index in [1.54, 1.807) is 6.07 Å². The SMILES string of the molecule is CCCCN(C(=O)CC(=O)O)c1ccc(N2CCC(NC[C@@H](O)c3ccc(O)c(NS(C)(=O)=O)c3)CC2)cc1. The Hall–Kier alpha value is -3.35. The zero-order valence-electron chi connectivity index (χ0n) is 22.3. The molecule has 0 radical (unpaired) electrons. The predicted octanol–water partition coefficient (Wildman–Crippen LogP) is 2.66. The minimum Gasteiger partial charge on any atom is -0.506 e. The van der Waals surface area contributed by atoms with Gasteiger partial charge in [0.1, 0.15) is 12.2 Å². The Bertz CT molecular complexity index is 1230. The number of nitrogens with one attached hydrogen (secondary N) is 2. The Morgan fingerprint density at radius 1 is 1.13 bits per heavy atom.